The molecule has 0 saturated carbocycles. The van der Waals surface area contributed by atoms with Crippen LogP contribution in [0.1, 0.15) is 38.8 Å². The number of fused-ring (bicyclic) bond motifs is 3. The Hall–Kier alpha value is -2.16. The maximum Gasteiger partial charge on any atom is 0.269 e. The van der Waals surface area contributed by atoms with Crippen molar-refractivity contribution in [3.63, 3.8) is 0 Å². The third-order valence-electron chi connectivity index (χ3n) is 5.01. The van der Waals surface area contributed by atoms with Crippen LogP contribution in [0.4, 0.5) is 5.69 Å². The van der Waals surface area contributed by atoms with Crippen molar-refractivity contribution in [1.82, 2.24) is 0 Å². The van der Waals surface area contributed by atoms with Gasteiger partial charge in [0.2, 0.25) is 0 Å². The third kappa shape index (κ3) is 1.73. The summed E-state index contributed by atoms with van der Waals surface area (Å²) in [6, 6.07) is 13.6. The fraction of sp³-hybridized carbons (Fsp3) is 0.333. The van der Waals surface area contributed by atoms with Crippen LogP contribution in [0.3, 0.4) is 0 Å². The zero-order valence-electron chi connectivity index (χ0n) is 12.8. The molecule has 0 fully saturated rings. The first kappa shape index (κ1) is 13.8. The van der Waals surface area contributed by atoms with Crippen molar-refractivity contribution in [2.45, 2.75) is 33.1 Å². The average molecular weight is 281 g/mol. The topological polar surface area (TPSA) is 43.1 Å². The molecule has 0 heterocycles. The van der Waals surface area contributed by atoms with Gasteiger partial charge >= 0.3 is 0 Å². The molecule has 1 aliphatic rings. The molecule has 1 atom stereocenters. The molecular formula is C18H19NO2. The van der Waals surface area contributed by atoms with E-state index in [1.54, 1.807) is 12.1 Å². The van der Waals surface area contributed by atoms with E-state index < -0.39 is 0 Å². The summed E-state index contributed by atoms with van der Waals surface area (Å²) < 4.78 is 0. The van der Waals surface area contributed by atoms with Crippen molar-refractivity contribution in [1.29, 1.82) is 0 Å². The van der Waals surface area contributed by atoms with Crippen molar-refractivity contribution in [2.24, 2.45) is 5.41 Å². The lowest BCUT2D eigenvalue weighted by Crippen LogP contribution is -2.36. The summed E-state index contributed by atoms with van der Waals surface area (Å²) in [4.78, 5) is 10.8. The van der Waals surface area contributed by atoms with Gasteiger partial charge in [-0.1, -0.05) is 52.0 Å². The number of hydrogen-bond donors (Lipinski definition) is 0. The van der Waals surface area contributed by atoms with Crippen LogP contribution in [-0.4, -0.2) is 4.92 Å². The Morgan fingerprint density at radius 1 is 1.00 bits per heavy atom. The summed E-state index contributed by atoms with van der Waals surface area (Å²) in [7, 11) is 0. The number of rotatable bonds is 1. The first-order valence-corrected chi connectivity index (χ1v) is 7.15. The van der Waals surface area contributed by atoms with Crippen molar-refractivity contribution in [3.05, 3.63) is 63.7 Å². The summed E-state index contributed by atoms with van der Waals surface area (Å²) in [6.45, 7) is 8.77. The Kier molecular flexibility index (Phi) is 2.74. The van der Waals surface area contributed by atoms with Crippen LogP contribution >= 0.6 is 0 Å². The quantitative estimate of drug-likeness (QED) is 0.549. The number of nitrogens with zero attached hydrogens (tertiary/aromatic N) is 1. The fourth-order valence-electron chi connectivity index (χ4n) is 3.40. The van der Waals surface area contributed by atoms with E-state index in [2.05, 4.69) is 39.8 Å². The van der Waals surface area contributed by atoms with Crippen LogP contribution in [-0.2, 0) is 5.41 Å². The standard InChI is InChI=1S/C18H19NO2/c1-17(2,3)18(4)15-8-6-5-7-13(15)14-10-9-12(19(20)21)11-16(14)18/h5-11H,1-4H3. The monoisotopic (exact) mass is 281 g/mol. The van der Waals surface area contributed by atoms with Crippen LogP contribution in [0.25, 0.3) is 11.1 Å². The van der Waals surface area contributed by atoms with Gasteiger partial charge < -0.3 is 0 Å². The lowest BCUT2D eigenvalue weighted by atomic mass is 9.62. The van der Waals surface area contributed by atoms with E-state index >= 15 is 0 Å². The fourth-order valence-corrected chi connectivity index (χ4v) is 3.40. The van der Waals surface area contributed by atoms with Gasteiger partial charge in [0.1, 0.15) is 0 Å². The maximum absolute atomic E-state index is 11.1. The van der Waals surface area contributed by atoms with E-state index in [4.69, 9.17) is 0 Å². The predicted octanol–water partition coefficient (Wildman–Crippen LogP) is 4.93. The zero-order valence-corrected chi connectivity index (χ0v) is 12.8. The molecule has 1 unspecified atom stereocenters. The second-order valence-corrected chi connectivity index (χ2v) is 6.91. The lowest BCUT2D eigenvalue weighted by Gasteiger charge is -2.40. The Morgan fingerprint density at radius 2 is 1.62 bits per heavy atom. The van der Waals surface area contributed by atoms with E-state index in [1.165, 1.54) is 11.1 Å². The lowest BCUT2D eigenvalue weighted by molar-refractivity contribution is -0.384. The minimum Gasteiger partial charge on any atom is -0.258 e. The Balaban J connectivity index is 2.38. The van der Waals surface area contributed by atoms with Gasteiger partial charge in [-0.15, -0.1) is 0 Å². The Bertz CT molecular complexity index is 743. The second kappa shape index (κ2) is 4.17. The van der Waals surface area contributed by atoms with E-state index in [0.717, 1.165) is 11.1 Å². The molecule has 108 valence electrons. The molecule has 2 aromatic rings. The normalized spacial score (nSPS) is 20.0. The molecule has 0 saturated heterocycles. The van der Waals surface area contributed by atoms with Crippen molar-refractivity contribution >= 4 is 5.69 Å². The highest BCUT2D eigenvalue weighted by Gasteiger charge is 2.47. The highest BCUT2D eigenvalue weighted by Crippen LogP contribution is 2.57. The molecule has 0 radical (unpaired) electrons. The SMILES string of the molecule is CC(C)(C)C1(C)c2ccccc2-c2ccc([N+](=O)[O-])cc21. The van der Waals surface area contributed by atoms with Crippen LogP contribution < -0.4 is 0 Å². The maximum atomic E-state index is 11.1. The van der Waals surface area contributed by atoms with Gasteiger partial charge in [-0.3, -0.25) is 10.1 Å². The number of hydrogen-bond acceptors (Lipinski definition) is 2. The molecule has 0 spiro atoms. The van der Waals surface area contributed by atoms with Gasteiger partial charge in [0.15, 0.2) is 0 Å². The van der Waals surface area contributed by atoms with Crippen LogP contribution in [0.5, 0.6) is 0 Å². The zero-order chi connectivity index (χ0) is 15.4. The molecule has 3 nitrogen and oxygen atoms in total. The number of nitro benzene ring substituents is 1. The highest BCUT2D eigenvalue weighted by molar-refractivity contribution is 5.82. The van der Waals surface area contributed by atoms with Crippen molar-refractivity contribution in [3.8, 4) is 11.1 Å². The van der Waals surface area contributed by atoms with Crippen LogP contribution in [0.15, 0.2) is 42.5 Å². The number of non-ortho nitro benzene ring substituents is 1. The van der Waals surface area contributed by atoms with E-state index in [9.17, 15) is 10.1 Å². The van der Waals surface area contributed by atoms with Gasteiger partial charge in [-0.05, 0) is 33.7 Å². The molecular weight excluding hydrogens is 262 g/mol. The molecule has 0 N–H and O–H groups in total. The van der Waals surface area contributed by atoms with Crippen LogP contribution in [0.2, 0.25) is 0 Å². The van der Waals surface area contributed by atoms with E-state index in [0.29, 0.717) is 0 Å². The molecule has 0 bridgehead atoms. The molecule has 2 aromatic carbocycles. The highest BCUT2D eigenvalue weighted by atomic mass is 16.6. The van der Waals surface area contributed by atoms with Gasteiger partial charge in [-0.2, -0.15) is 0 Å². The van der Waals surface area contributed by atoms with Gasteiger partial charge in [0, 0.05) is 17.5 Å². The first-order chi connectivity index (χ1) is 9.76. The number of benzene rings is 2. The summed E-state index contributed by atoms with van der Waals surface area (Å²) in [6.07, 6.45) is 0. The largest absolute Gasteiger partial charge is 0.269 e. The molecule has 21 heavy (non-hydrogen) atoms. The second-order valence-electron chi connectivity index (χ2n) is 6.91. The third-order valence-corrected chi connectivity index (χ3v) is 5.01. The van der Waals surface area contributed by atoms with Gasteiger partial charge in [0.25, 0.3) is 5.69 Å². The summed E-state index contributed by atoms with van der Waals surface area (Å²) in [5, 5.41) is 11.1. The van der Waals surface area contributed by atoms with Crippen molar-refractivity contribution < 1.29 is 4.92 Å². The van der Waals surface area contributed by atoms with E-state index in [1.807, 2.05) is 18.2 Å². The minimum atomic E-state index is -0.313. The van der Waals surface area contributed by atoms with Gasteiger partial charge in [-0.25, -0.2) is 0 Å². The Morgan fingerprint density at radius 3 is 2.24 bits per heavy atom. The average Bonchev–Trinajstić information content (AvgIpc) is 2.70. The van der Waals surface area contributed by atoms with Gasteiger partial charge in [0.05, 0.1) is 4.92 Å². The summed E-state index contributed by atoms with van der Waals surface area (Å²) in [5.41, 5.74) is 4.53. The smallest absolute Gasteiger partial charge is 0.258 e. The molecule has 0 amide bonds. The molecule has 0 aliphatic heterocycles. The van der Waals surface area contributed by atoms with E-state index in [-0.39, 0.29) is 21.4 Å². The molecule has 3 heteroatoms. The summed E-state index contributed by atoms with van der Waals surface area (Å²) in [5.74, 6) is 0. The number of nitro groups is 1. The molecule has 0 aromatic heterocycles. The molecule has 1 aliphatic carbocycles. The minimum absolute atomic E-state index is 0.0381. The Labute approximate surface area is 124 Å². The van der Waals surface area contributed by atoms with Crippen LogP contribution in [0, 0.1) is 15.5 Å². The molecule has 3 rings (SSSR count). The van der Waals surface area contributed by atoms with Crippen molar-refractivity contribution in [2.75, 3.05) is 0 Å². The predicted molar refractivity (Wildman–Crippen MR) is 84.4 cm³/mol. The first-order valence-electron chi connectivity index (χ1n) is 7.15. The summed E-state index contributed by atoms with van der Waals surface area (Å²) >= 11 is 0.